The molecule has 1 aromatic carbocycles. The molecule has 0 radical (unpaired) electrons. The molecule has 3 rings (SSSR count). The number of thioether (sulfide) groups is 1. The first-order valence-electron chi connectivity index (χ1n) is 7.22. The summed E-state index contributed by atoms with van der Waals surface area (Å²) in [4.78, 5) is 9.13. The molecule has 0 saturated carbocycles. The van der Waals surface area contributed by atoms with Crippen molar-refractivity contribution in [1.82, 2.24) is 9.97 Å². The van der Waals surface area contributed by atoms with Gasteiger partial charge in [0.05, 0.1) is 21.3 Å². The van der Waals surface area contributed by atoms with Crippen molar-refractivity contribution < 1.29 is 5.11 Å². The van der Waals surface area contributed by atoms with E-state index >= 15 is 0 Å². The lowest BCUT2D eigenvalue weighted by Crippen LogP contribution is -2.33. The zero-order valence-corrected chi connectivity index (χ0v) is 15.4. The third-order valence-corrected chi connectivity index (χ3v) is 6.15. The van der Waals surface area contributed by atoms with Crippen LogP contribution in [0.2, 0.25) is 10.0 Å². The van der Waals surface area contributed by atoms with Crippen LogP contribution in [0.5, 0.6) is 0 Å². The monoisotopic (exact) mass is 369 g/mol. The van der Waals surface area contributed by atoms with E-state index in [1.807, 2.05) is 26.0 Å². The minimum Gasteiger partial charge on any atom is -0.389 e. The fourth-order valence-electron chi connectivity index (χ4n) is 2.49. The summed E-state index contributed by atoms with van der Waals surface area (Å²) >= 11 is 13.8. The van der Waals surface area contributed by atoms with Crippen molar-refractivity contribution in [3.8, 4) is 11.3 Å². The van der Waals surface area contributed by atoms with E-state index in [4.69, 9.17) is 23.2 Å². The molecule has 23 heavy (non-hydrogen) atoms. The van der Waals surface area contributed by atoms with E-state index in [0.29, 0.717) is 22.4 Å². The number of hydrogen-bond acceptors (Lipinski definition) is 5. The minimum atomic E-state index is -0.792. The zero-order valence-electron chi connectivity index (χ0n) is 13.0. The number of anilines is 1. The maximum atomic E-state index is 10.3. The highest BCUT2D eigenvalue weighted by molar-refractivity contribution is 8.00. The van der Waals surface area contributed by atoms with E-state index in [0.717, 1.165) is 21.8 Å². The summed E-state index contributed by atoms with van der Waals surface area (Å²) in [6.45, 7) is 3.64. The third-order valence-electron chi connectivity index (χ3n) is 3.82. The van der Waals surface area contributed by atoms with Gasteiger partial charge in [-0.2, -0.15) is 0 Å². The van der Waals surface area contributed by atoms with Crippen LogP contribution in [0.1, 0.15) is 19.4 Å². The second-order valence-electron chi connectivity index (χ2n) is 6.02. The Morgan fingerprint density at radius 3 is 2.61 bits per heavy atom. The Labute approximate surface area is 149 Å². The molecule has 0 spiro atoms. The summed E-state index contributed by atoms with van der Waals surface area (Å²) in [5.74, 6) is 0.550. The molecule has 1 aliphatic heterocycles. The number of halogens is 2. The highest BCUT2D eigenvalue weighted by Gasteiger charge is 2.36. The molecule has 0 amide bonds. The predicted octanol–water partition coefficient (Wildman–Crippen LogP) is 4.28. The number of aliphatic hydroxyl groups is 1. The molecule has 1 aromatic heterocycles. The maximum absolute atomic E-state index is 10.3. The molecule has 1 atom stereocenters. The summed E-state index contributed by atoms with van der Waals surface area (Å²) in [5.41, 5.74) is 1.98. The Kier molecular flexibility index (Phi) is 4.49. The Balaban J connectivity index is 2.12. The summed E-state index contributed by atoms with van der Waals surface area (Å²) in [7, 11) is 1.79. The first kappa shape index (κ1) is 16.8. The Morgan fingerprint density at radius 2 is 2.00 bits per heavy atom. The van der Waals surface area contributed by atoms with Gasteiger partial charge in [0.15, 0.2) is 0 Å². The quantitative estimate of drug-likeness (QED) is 0.790. The van der Waals surface area contributed by atoms with Crippen LogP contribution in [-0.4, -0.2) is 33.0 Å². The average molecular weight is 370 g/mol. The number of aromatic nitrogens is 2. The van der Waals surface area contributed by atoms with Crippen LogP contribution < -0.4 is 5.32 Å². The van der Waals surface area contributed by atoms with Gasteiger partial charge < -0.3 is 10.4 Å². The van der Waals surface area contributed by atoms with Gasteiger partial charge in [0.1, 0.15) is 5.03 Å². The Morgan fingerprint density at radius 1 is 1.26 bits per heavy atom. The van der Waals surface area contributed by atoms with E-state index in [1.165, 1.54) is 0 Å². The van der Waals surface area contributed by atoms with E-state index in [-0.39, 0.29) is 5.25 Å². The van der Waals surface area contributed by atoms with Gasteiger partial charge in [-0.3, -0.25) is 0 Å². The number of nitrogens with one attached hydrogen (secondary N) is 1. The smallest absolute Gasteiger partial charge is 0.224 e. The lowest BCUT2D eigenvalue weighted by molar-refractivity contribution is 0.0787. The number of rotatable bonds is 3. The Bertz CT molecular complexity index is 762. The van der Waals surface area contributed by atoms with Crippen molar-refractivity contribution in [1.29, 1.82) is 0 Å². The molecule has 2 N–H and O–H groups in total. The molecule has 0 fully saturated rings. The number of benzene rings is 1. The van der Waals surface area contributed by atoms with Gasteiger partial charge in [0.2, 0.25) is 5.95 Å². The van der Waals surface area contributed by atoms with Gasteiger partial charge in [-0.15, -0.1) is 0 Å². The van der Waals surface area contributed by atoms with Crippen molar-refractivity contribution in [2.75, 3.05) is 12.4 Å². The molecule has 7 heteroatoms. The van der Waals surface area contributed by atoms with E-state index in [9.17, 15) is 5.11 Å². The molecule has 2 aromatic rings. The summed E-state index contributed by atoms with van der Waals surface area (Å²) in [6, 6.07) is 5.48. The van der Waals surface area contributed by atoms with Crippen LogP contribution in [-0.2, 0) is 6.42 Å². The highest BCUT2D eigenvalue weighted by Crippen LogP contribution is 2.44. The van der Waals surface area contributed by atoms with Gasteiger partial charge in [-0.25, -0.2) is 9.97 Å². The predicted molar refractivity (Wildman–Crippen MR) is 96.7 cm³/mol. The van der Waals surface area contributed by atoms with Crippen LogP contribution in [0.3, 0.4) is 0 Å². The average Bonchev–Trinajstić information content (AvgIpc) is 2.93. The topological polar surface area (TPSA) is 58.0 Å². The number of nitrogens with zero attached hydrogens (tertiary/aromatic N) is 2. The van der Waals surface area contributed by atoms with Crippen LogP contribution in [0.4, 0.5) is 5.95 Å². The van der Waals surface area contributed by atoms with Crippen molar-refractivity contribution in [2.24, 2.45) is 0 Å². The third kappa shape index (κ3) is 3.29. The highest BCUT2D eigenvalue weighted by atomic mass is 35.5. The summed E-state index contributed by atoms with van der Waals surface area (Å²) < 4.78 is 0. The van der Waals surface area contributed by atoms with Gasteiger partial charge in [-0.1, -0.05) is 41.0 Å². The lowest BCUT2D eigenvalue weighted by Gasteiger charge is -2.23. The van der Waals surface area contributed by atoms with Crippen LogP contribution in [0, 0.1) is 0 Å². The standard InChI is InChI=1S/C16H17Cl2N3OS/c1-16(2,22)12-7-9-13(8-4-5-10(17)11(18)6-8)20-15(19-3)21-14(9)23-12/h4-6,12,22H,7H2,1-3H3,(H,19,20,21). The van der Waals surface area contributed by atoms with Gasteiger partial charge in [0.25, 0.3) is 0 Å². The van der Waals surface area contributed by atoms with E-state index in [2.05, 4.69) is 15.3 Å². The molecule has 0 saturated heterocycles. The summed E-state index contributed by atoms with van der Waals surface area (Å²) in [6.07, 6.45) is 0.711. The van der Waals surface area contributed by atoms with Crippen LogP contribution >= 0.6 is 35.0 Å². The van der Waals surface area contributed by atoms with Crippen molar-refractivity contribution in [3.63, 3.8) is 0 Å². The number of hydrogen-bond donors (Lipinski definition) is 2. The molecule has 1 unspecified atom stereocenters. The molecule has 4 nitrogen and oxygen atoms in total. The van der Waals surface area contributed by atoms with Crippen LogP contribution in [0.15, 0.2) is 23.2 Å². The molecular formula is C16H17Cl2N3OS. The van der Waals surface area contributed by atoms with E-state index < -0.39 is 5.60 Å². The molecule has 2 heterocycles. The van der Waals surface area contributed by atoms with Gasteiger partial charge in [0, 0.05) is 23.4 Å². The maximum Gasteiger partial charge on any atom is 0.224 e. The summed E-state index contributed by atoms with van der Waals surface area (Å²) in [5, 5.41) is 15.3. The SMILES string of the molecule is CNc1nc2c(c(-c3ccc(Cl)c(Cl)c3)n1)CC(C(C)(C)O)S2. The first-order valence-corrected chi connectivity index (χ1v) is 8.86. The molecule has 0 aliphatic carbocycles. The lowest BCUT2D eigenvalue weighted by atomic mass is 9.96. The second-order valence-corrected chi connectivity index (χ2v) is 8.03. The first-order chi connectivity index (χ1) is 10.8. The Hall–Kier alpha value is -1.01. The van der Waals surface area contributed by atoms with E-state index in [1.54, 1.807) is 24.9 Å². The van der Waals surface area contributed by atoms with Crippen molar-refractivity contribution >= 4 is 40.9 Å². The van der Waals surface area contributed by atoms with Gasteiger partial charge >= 0.3 is 0 Å². The molecule has 122 valence electrons. The molecule has 0 bridgehead atoms. The van der Waals surface area contributed by atoms with Crippen molar-refractivity contribution in [2.45, 2.75) is 36.1 Å². The van der Waals surface area contributed by atoms with Crippen LogP contribution in [0.25, 0.3) is 11.3 Å². The minimum absolute atomic E-state index is 0.0421. The molecule has 1 aliphatic rings. The zero-order chi connectivity index (χ0) is 16.8. The van der Waals surface area contributed by atoms with Gasteiger partial charge in [-0.05, 0) is 32.4 Å². The normalized spacial score (nSPS) is 17.2. The largest absolute Gasteiger partial charge is 0.389 e. The van der Waals surface area contributed by atoms with Crippen molar-refractivity contribution in [3.05, 3.63) is 33.8 Å². The fraction of sp³-hybridized carbons (Fsp3) is 0.375. The number of fused-ring (bicyclic) bond motifs is 1. The second kappa shape index (κ2) is 6.13. The fourth-order valence-corrected chi connectivity index (χ4v) is 4.06. The molecular weight excluding hydrogens is 353 g/mol.